The Hall–Kier alpha value is -2.51. The van der Waals surface area contributed by atoms with Crippen molar-refractivity contribution in [1.82, 2.24) is 15.5 Å². The molecule has 1 aromatic heterocycles. The minimum absolute atomic E-state index is 0.0649. The molecule has 142 valence electrons. The molecule has 1 aliphatic heterocycles. The van der Waals surface area contributed by atoms with Crippen LogP contribution in [-0.2, 0) is 22.7 Å². The van der Waals surface area contributed by atoms with Crippen LogP contribution in [0.4, 0.5) is 4.79 Å². The fourth-order valence-corrected chi connectivity index (χ4v) is 3.18. The molecule has 0 spiro atoms. The molecule has 9 heteroatoms. The number of amides is 4. The highest BCUT2D eigenvalue weighted by Crippen LogP contribution is 2.21. The predicted octanol–water partition coefficient (Wildman–Crippen LogP) is 3.10. The van der Waals surface area contributed by atoms with Gasteiger partial charge in [0.15, 0.2) is 0 Å². The molecular weight excluding hydrogens is 393 g/mol. The first-order chi connectivity index (χ1) is 12.9. The number of hydrogen-bond acceptors (Lipinski definition) is 4. The lowest BCUT2D eigenvalue weighted by molar-refractivity contribution is -0.128. The molecule has 1 fully saturated rings. The quantitative estimate of drug-likeness (QED) is 0.687. The van der Waals surface area contributed by atoms with Gasteiger partial charge in [-0.15, -0.1) is 0 Å². The molecule has 2 N–H and O–H groups in total. The molecule has 0 aliphatic carbocycles. The van der Waals surface area contributed by atoms with Crippen LogP contribution in [0.3, 0.4) is 0 Å². The molecule has 0 saturated carbocycles. The summed E-state index contributed by atoms with van der Waals surface area (Å²) in [5.41, 5.74) is 0.740. The smallest absolute Gasteiger partial charge is 0.325 e. The summed E-state index contributed by atoms with van der Waals surface area (Å²) < 4.78 is 5.16. The van der Waals surface area contributed by atoms with Crippen molar-refractivity contribution in [2.75, 3.05) is 0 Å². The van der Waals surface area contributed by atoms with E-state index in [4.69, 9.17) is 27.6 Å². The van der Waals surface area contributed by atoms with Gasteiger partial charge in [-0.25, -0.2) is 4.79 Å². The van der Waals surface area contributed by atoms with E-state index < -0.39 is 12.1 Å². The molecule has 1 atom stereocenters. The lowest BCUT2D eigenvalue weighted by Crippen LogP contribution is -2.32. The van der Waals surface area contributed by atoms with Crippen molar-refractivity contribution in [3.05, 3.63) is 58.0 Å². The molecule has 27 heavy (non-hydrogen) atoms. The Kier molecular flexibility index (Phi) is 6.03. The van der Waals surface area contributed by atoms with Gasteiger partial charge in [0.05, 0.1) is 12.8 Å². The maximum absolute atomic E-state index is 12.3. The van der Waals surface area contributed by atoms with E-state index in [1.807, 2.05) is 0 Å². The number of rotatable bonds is 7. The number of urea groups is 1. The summed E-state index contributed by atoms with van der Waals surface area (Å²) in [6, 6.07) is 7.18. The van der Waals surface area contributed by atoms with Gasteiger partial charge in [-0.1, -0.05) is 29.3 Å². The van der Waals surface area contributed by atoms with E-state index >= 15 is 0 Å². The summed E-state index contributed by atoms with van der Waals surface area (Å²) in [5, 5.41) is 6.31. The number of benzene rings is 1. The van der Waals surface area contributed by atoms with E-state index in [9.17, 15) is 14.4 Å². The number of nitrogens with one attached hydrogen (secondary N) is 2. The molecule has 7 nitrogen and oxygen atoms in total. The first-order valence-electron chi connectivity index (χ1n) is 8.29. The van der Waals surface area contributed by atoms with Crippen LogP contribution in [-0.4, -0.2) is 28.8 Å². The fourth-order valence-electron chi connectivity index (χ4n) is 2.70. The first kappa shape index (κ1) is 19.3. The van der Waals surface area contributed by atoms with E-state index in [2.05, 4.69) is 10.6 Å². The average molecular weight is 410 g/mol. The van der Waals surface area contributed by atoms with Crippen LogP contribution in [0.1, 0.15) is 24.2 Å². The van der Waals surface area contributed by atoms with Crippen molar-refractivity contribution in [1.29, 1.82) is 0 Å². The Morgan fingerprint density at radius 3 is 2.78 bits per heavy atom. The molecule has 1 aliphatic rings. The van der Waals surface area contributed by atoms with Crippen molar-refractivity contribution >= 4 is 41.0 Å². The maximum atomic E-state index is 12.3. The lowest BCUT2D eigenvalue weighted by Gasteiger charge is -2.11. The highest BCUT2D eigenvalue weighted by Gasteiger charge is 2.38. The van der Waals surface area contributed by atoms with Gasteiger partial charge < -0.3 is 15.1 Å². The van der Waals surface area contributed by atoms with Gasteiger partial charge in [-0.05, 0) is 36.2 Å². The van der Waals surface area contributed by atoms with Crippen LogP contribution >= 0.6 is 23.2 Å². The molecule has 2 aromatic rings. The largest absolute Gasteiger partial charge is 0.467 e. The summed E-state index contributed by atoms with van der Waals surface area (Å²) in [7, 11) is 0. The van der Waals surface area contributed by atoms with E-state index in [0.29, 0.717) is 15.8 Å². The van der Waals surface area contributed by atoms with Crippen molar-refractivity contribution < 1.29 is 18.8 Å². The number of furan rings is 1. The Labute approximate surface area is 165 Å². The molecule has 0 radical (unpaired) electrons. The summed E-state index contributed by atoms with van der Waals surface area (Å²) >= 11 is 11.9. The zero-order valence-corrected chi connectivity index (χ0v) is 15.7. The van der Waals surface area contributed by atoms with Crippen molar-refractivity contribution in [3.63, 3.8) is 0 Å². The Bertz CT molecular complexity index is 854. The highest BCUT2D eigenvalue weighted by molar-refractivity contribution is 6.35. The fraction of sp³-hybridized carbons (Fsp3) is 0.278. The minimum atomic E-state index is -0.725. The lowest BCUT2D eigenvalue weighted by atomic mass is 10.1. The zero-order valence-electron chi connectivity index (χ0n) is 14.2. The maximum Gasteiger partial charge on any atom is 0.325 e. The van der Waals surface area contributed by atoms with Gasteiger partial charge in [0.2, 0.25) is 5.91 Å². The third kappa shape index (κ3) is 4.81. The Morgan fingerprint density at radius 1 is 1.26 bits per heavy atom. The van der Waals surface area contributed by atoms with Gasteiger partial charge in [-0.2, -0.15) is 0 Å². The van der Waals surface area contributed by atoms with Gasteiger partial charge in [0.1, 0.15) is 11.8 Å². The third-order valence-corrected chi connectivity index (χ3v) is 4.74. The summed E-state index contributed by atoms with van der Waals surface area (Å²) in [6.07, 6.45) is 1.78. The molecule has 0 unspecified atom stereocenters. The first-order valence-corrected chi connectivity index (χ1v) is 9.04. The predicted molar refractivity (Wildman–Crippen MR) is 99.1 cm³/mol. The van der Waals surface area contributed by atoms with Crippen LogP contribution in [0.15, 0.2) is 41.0 Å². The topological polar surface area (TPSA) is 91.7 Å². The van der Waals surface area contributed by atoms with Gasteiger partial charge in [0.25, 0.3) is 5.91 Å². The molecule has 1 aromatic carbocycles. The zero-order chi connectivity index (χ0) is 19.4. The molecule has 3 rings (SSSR count). The normalized spacial score (nSPS) is 16.5. The monoisotopic (exact) mass is 409 g/mol. The summed E-state index contributed by atoms with van der Waals surface area (Å²) in [5.74, 6) is -0.103. The van der Waals surface area contributed by atoms with E-state index in [1.165, 1.54) is 6.26 Å². The van der Waals surface area contributed by atoms with Gasteiger partial charge in [-0.3, -0.25) is 14.5 Å². The number of imide groups is 1. The van der Waals surface area contributed by atoms with Crippen molar-refractivity contribution in [2.24, 2.45) is 0 Å². The van der Waals surface area contributed by atoms with Crippen LogP contribution < -0.4 is 10.6 Å². The second kappa shape index (κ2) is 8.45. The number of halogens is 2. The third-order valence-electron chi connectivity index (χ3n) is 4.15. The van der Waals surface area contributed by atoms with Crippen LogP contribution in [0.5, 0.6) is 0 Å². The number of nitrogens with zero attached hydrogens (tertiary/aromatic N) is 1. The van der Waals surface area contributed by atoms with Crippen molar-refractivity contribution in [2.45, 2.75) is 32.0 Å². The minimum Gasteiger partial charge on any atom is -0.467 e. The Morgan fingerprint density at radius 2 is 2.07 bits per heavy atom. The van der Waals surface area contributed by atoms with Gasteiger partial charge >= 0.3 is 6.03 Å². The number of carbonyl (C=O) groups excluding carboxylic acids is 3. The van der Waals surface area contributed by atoms with Gasteiger partial charge in [0, 0.05) is 23.0 Å². The van der Waals surface area contributed by atoms with Crippen LogP contribution in [0.25, 0.3) is 0 Å². The molecule has 0 bridgehead atoms. The average Bonchev–Trinajstić information content (AvgIpc) is 3.23. The van der Waals surface area contributed by atoms with E-state index in [-0.39, 0.29) is 37.7 Å². The molecule has 1 saturated heterocycles. The molecular formula is C18H17Cl2N3O4. The summed E-state index contributed by atoms with van der Waals surface area (Å²) in [4.78, 5) is 37.4. The molecule has 2 heterocycles. The van der Waals surface area contributed by atoms with Crippen molar-refractivity contribution in [3.8, 4) is 0 Å². The second-order valence-electron chi connectivity index (χ2n) is 6.06. The SMILES string of the molecule is O=C(CC[C@@H]1NC(=O)N(Cc2ccco2)C1=O)NCc1ccc(Cl)cc1Cl. The highest BCUT2D eigenvalue weighted by atomic mass is 35.5. The Balaban J connectivity index is 1.47. The number of hydrogen-bond donors (Lipinski definition) is 2. The van der Waals surface area contributed by atoms with Crippen LogP contribution in [0.2, 0.25) is 10.0 Å². The van der Waals surface area contributed by atoms with E-state index in [0.717, 1.165) is 10.5 Å². The van der Waals surface area contributed by atoms with E-state index in [1.54, 1.807) is 30.3 Å². The molecule has 4 amide bonds. The second-order valence-corrected chi connectivity index (χ2v) is 6.90. The standard InChI is InChI=1S/C18H17Cl2N3O4/c19-12-4-3-11(14(20)8-12)9-21-16(24)6-5-15-17(25)23(18(26)22-15)10-13-2-1-7-27-13/h1-4,7-8,15H,5-6,9-10H2,(H,21,24)(H,22,26)/t15-/m0/s1. The number of carbonyl (C=O) groups is 3. The van der Waals surface area contributed by atoms with Crippen LogP contribution in [0, 0.1) is 0 Å². The summed E-state index contributed by atoms with van der Waals surface area (Å²) in [6.45, 7) is 0.319.